The summed E-state index contributed by atoms with van der Waals surface area (Å²) in [5.74, 6) is 0. The van der Waals surface area contributed by atoms with E-state index in [2.05, 4.69) is 4.90 Å². The van der Waals surface area contributed by atoms with E-state index in [9.17, 15) is 8.42 Å². The van der Waals surface area contributed by atoms with Crippen LogP contribution in [0.5, 0.6) is 0 Å². The van der Waals surface area contributed by atoms with Crippen molar-refractivity contribution in [1.29, 1.82) is 0 Å². The number of piperidine rings is 1. The summed E-state index contributed by atoms with van der Waals surface area (Å²) >= 11 is 0. The maximum atomic E-state index is 12.8. The molecule has 0 saturated carbocycles. The maximum absolute atomic E-state index is 12.8. The fourth-order valence-electron chi connectivity index (χ4n) is 3.04. The molecule has 0 aromatic heterocycles. The summed E-state index contributed by atoms with van der Waals surface area (Å²) in [6.45, 7) is 5.07. The minimum Gasteiger partial charge on any atom is -0.329 e. The summed E-state index contributed by atoms with van der Waals surface area (Å²) in [7, 11) is -1.35. The van der Waals surface area contributed by atoms with Gasteiger partial charge in [-0.05, 0) is 26.8 Å². The Balaban J connectivity index is 2.17. The van der Waals surface area contributed by atoms with Crippen molar-refractivity contribution in [3.8, 4) is 0 Å². The predicted octanol–water partition coefficient (Wildman–Crippen LogP) is -0.320. The molecule has 2 aliphatic heterocycles. The zero-order valence-corrected chi connectivity index (χ0v) is 12.8. The Kier molecular flexibility index (Phi) is 4.84. The van der Waals surface area contributed by atoms with Gasteiger partial charge < -0.3 is 10.6 Å². The second kappa shape index (κ2) is 6.05. The highest BCUT2D eigenvalue weighted by Crippen LogP contribution is 2.24. The molecule has 6 nitrogen and oxygen atoms in total. The van der Waals surface area contributed by atoms with Gasteiger partial charge in [-0.3, -0.25) is 0 Å². The first-order valence-electron chi connectivity index (χ1n) is 7.14. The molecule has 2 saturated heterocycles. The number of nitrogens with zero attached hydrogens (tertiary/aromatic N) is 3. The van der Waals surface area contributed by atoms with E-state index in [0.717, 1.165) is 32.4 Å². The molecule has 112 valence electrons. The lowest BCUT2D eigenvalue weighted by atomic mass is 10.1. The van der Waals surface area contributed by atoms with Gasteiger partial charge in [0.1, 0.15) is 0 Å². The molecule has 7 heteroatoms. The van der Waals surface area contributed by atoms with E-state index >= 15 is 0 Å². The monoisotopic (exact) mass is 290 g/mol. The molecule has 0 aliphatic carbocycles. The molecule has 19 heavy (non-hydrogen) atoms. The molecule has 2 unspecified atom stereocenters. The Labute approximate surface area is 116 Å². The Hall–Kier alpha value is -0.210. The molecule has 0 aromatic carbocycles. The lowest BCUT2D eigenvalue weighted by Crippen LogP contribution is -2.61. The van der Waals surface area contributed by atoms with Gasteiger partial charge in [-0.15, -0.1) is 0 Å². The van der Waals surface area contributed by atoms with Gasteiger partial charge in [-0.2, -0.15) is 17.0 Å². The van der Waals surface area contributed by atoms with Gasteiger partial charge in [0.15, 0.2) is 0 Å². The van der Waals surface area contributed by atoms with Crippen molar-refractivity contribution in [2.75, 3.05) is 39.8 Å². The molecule has 2 atom stereocenters. The second-order valence-electron chi connectivity index (χ2n) is 5.73. The van der Waals surface area contributed by atoms with Crippen LogP contribution in [0.3, 0.4) is 0 Å². The van der Waals surface area contributed by atoms with Gasteiger partial charge in [0, 0.05) is 38.8 Å². The van der Waals surface area contributed by atoms with E-state index in [4.69, 9.17) is 5.73 Å². The number of nitrogens with two attached hydrogens (primary N) is 1. The van der Waals surface area contributed by atoms with Crippen molar-refractivity contribution in [2.24, 2.45) is 5.73 Å². The summed E-state index contributed by atoms with van der Waals surface area (Å²) in [5.41, 5.74) is 5.77. The highest BCUT2D eigenvalue weighted by Gasteiger charge is 2.39. The van der Waals surface area contributed by atoms with E-state index in [-0.39, 0.29) is 12.1 Å². The van der Waals surface area contributed by atoms with Gasteiger partial charge in [0.2, 0.25) is 0 Å². The summed E-state index contributed by atoms with van der Waals surface area (Å²) in [6.07, 6.45) is 3.04. The maximum Gasteiger partial charge on any atom is 0.282 e. The highest BCUT2D eigenvalue weighted by molar-refractivity contribution is 7.86. The average Bonchev–Trinajstić information content (AvgIpc) is 2.38. The van der Waals surface area contributed by atoms with Crippen molar-refractivity contribution < 1.29 is 8.42 Å². The molecule has 0 bridgehead atoms. The number of likely N-dealkylation sites (N-methyl/N-ethyl adjacent to an activating group) is 1. The molecule has 0 spiro atoms. The molecule has 0 aromatic rings. The largest absolute Gasteiger partial charge is 0.329 e. The summed E-state index contributed by atoms with van der Waals surface area (Å²) in [4.78, 5) is 2.14. The molecular formula is C12H26N4O2S. The Morgan fingerprint density at radius 3 is 2.53 bits per heavy atom. The first kappa shape index (κ1) is 15.2. The van der Waals surface area contributed by atoms with Crippen LogP contribution in [-0.4, -0.2) is 73.8 Å². The SMILES string of the molecule is CC1CCCCN1S(=O)(=O)N1CCN(C)CC1CN. The fraction of sp³-hybridized carbons (Fsp3) is 1.00. The fourth-order valence-corrected chi connectivity index (χ4v) is 5.07. The van der Waals surface area contributed by atoms with Crippen molar-refractivity contribution in [3.63, 3.8) is 0 Å². The summed E-state index contributed by atoms with van der Waals surface area (Å²) in [6, 6.07) is 0.00899. The first-order valence-corrected chi connectivity index (χ1v) is 8.53. The second-order valence-corrected chi connectivity index (χ2v) is 7.56. The molecule has 2 rings (SSSR count). The summed E-state index contributed by atoms with van der Waals surface area (Å²) < 4.78 is 28.9. The molecule has 0 radical (unpaired) electrons. The predicted molar refractivity (Wildman–Crippen MR) is 76.0 cm³/mol. The smallest absolute Gasteiger partial charge is 0.282 e. The van der Waals surface area contributed by atoms with E-state index < -0.39 is 10.2 Å². The van der Waals surface area contributed by atoms with Crippen molar-refractivity contribution in [2.45, 2.75) is 38.3 Å². The van der Waals surface area contributed by atoms with Crippen molar-refractivity contribution >= 4 is 10.2 Å². The van der Waals surface area contributed by atoms with Crippen molar-refractivity contribution in [1.82, 2.24) is 13.5 Å². The van der Waals surface area contributed by atoms with Crippen LogP contribution in [0.4, 0.5) is 0 Å². The number of hydrogen-bond donors (Lipinski definition) is 1. The summed E-state index contributed by atoms with van der Waals surface area (Å²) in [5, 5.41) is 0. The van der Waals surface area contributed by atoms with Gasteiger partial charge >= 0.3 is 0 Å². The molecule has 0 amide bonds. The Morgan fingerprint density at radius 1 is 1.16 bits per heavy atom. The zero-order chi connectivity index (χ0) is 14.0. The van der Waals surface area contributed by atoms with Gasteiger partial charge in [0.05, 0.1) is 6.04 Å². The number of hydrogen-bond acceptors (Lipinski definition) is 4. The normalized spacial score (nSPS) is 32.6. The third-order valence-corrected chi connectivity index (χ3v) is 6.45. The lowest BCUT2D eigenvalue weighted by Gasteiger charge is -2.43. The minimum atomic E-state index is -3.36. The third-order valence-electron chi connectivity index (χ3n) is 4.24. The van der Waals surface area contributed by atoms with E-state index in [1.807, 2.05) is 14.0 Å². The van der Waals surface area contributed by atoms with Crippen LogP contribution in [0.2, 0.25) is 0 Å². The van der Waals surface area contributed by atoms with Crippen LogP contribution in [-0.2, 0) is 10.2 Å². The van der Waals surface area contributed by atoms with E-state index in [0.29, 0.717) is 19.6 Å². The third kappa shape index (κ3) is 3.11. The Morgan fingerprint density at radius 2 is 1.89 bits per heavy atom. The number of rotatable bonds is 3. The molecule has 2 heterocycles. The van der Waals surface area contributed by atoms with Gasteiger partial charge in [0.25, 0.3) is 10.2 Å². The molecule has 2 fully saturated rings. The minimum absolute atomic E-state index is 0.0992. The van der Waals surface area contributed by atoms with E-state index in [1.54, 1.807) is 8.61 Å². The van der Waals surface area contributed by atoms with Crippen LogP contribution in [0, 0.1) is 0 Å². The quantitative estimate of drug-likeness (QED) is 0.773. The molecule has 2 N–H and O–H groups in total. The van der Waals surface area contributed by atoms with Crippen LogP contribution >= 0.6 is 0 Å². The zero-order valence-electron chi connectivity index (χ0n) is 12.0. The Bertz CT molecular complexity index is 401. The van der Waals surface area contributed by atoms with Crippen LogP contribution in [0.25, 0.3) is 0 Å². The van der Waals surface area contributed by atoms with Crippen LogP contribution < -0.4 is 5.73 Å². The van der Waals surface area contributed by atoms with Crippen LogP contribution in [0.15, 0.2) is 0 Å². The van der Waals surface area contributed by atoms with Crippen molar-refractivity contribution in [3.05, 3.63) is 0 Å². The van der Waals surface area contributed by atoms with E-state index in [1.165, 1.54) is 0 Å². The highest BCUT2D eigenvalue weighted by atomic mass is 32.2. The standard InChI is InChI=1S/C12H26N4O2S/c1-11-5-3-4-6-15(11)19(17,18)16-8-7-14(2)10-12(16)9-13/h11-12H,3-10,13H2,1-2H3. The van der Waals surface area contributed by atoms with Gasteiger partial charge in [-0.1, -0.05) is 6.42 Å². The first-order chi connectivity index (χ1) is 8.96. The average molecular weight is 290 g/mol. The van der Waals surface area contributed by atoms with Gasteiger partial charge in [-0.25, -0.2) is 0 Å². The number of piperazine rings is 1. The van der Waals surface area contributed by atoms with Crippen LogP contribution in [0.1, 0.15) is 26.2 Å². The molecule has 2 aliphatic rings. The molecular weight excluding hydrogens is 264 g/mol. The lowest BCUT2D eigenvalue weighted by molar-refractivity contribution is 0.147. The topological polar surface area (TPSA) is 69.9 Å².